The Hall–Kier alpha value is -8.30. The molecule has 9 heteroatoms. The van der Waals surface area contributed by atoms with Crippen LogP contribution in [0.1, 0.15) is 0 Å². The van der Waals surface area contributed by atoms with Gasteiger partial charge in [-0.25, -0.2) is 0 Å². The fourth-order valence-electron chi connectivity index (χ4n) is 9.02. The normalized spacial score (nSPS) is 11.9. The van der Waals surface area contributed by atoms with E-state index in [0.29, 0.717) is 38.6 Å². The Bertz CT molecular complexity index is 3580. The van der Waals surface area contributed by atoms with E-state index in [-0.39, 0.29) is 32.7 Å². The number of fused-ring (bicyclic) bond motifs is 9. The first-order valence-corrected chi connectivity index (χ1v) is 18.7. The second-order valence-electron chi connectivity index (χ2n) is 14.8. The highest BCUT2D eigenvalue weighted by Gasteiger charge is 2.33. The summed E-state index contributed by atoms with van der Waals surface area (Å²) in [7, 11) is 0. The molecule has 0 saturated carbocycles. The van der Waals surface area contributed by atoms with Gasteiger partial charge >= 0.3 is 0 Å². The first-order chi connectivity index (χ1) is 28.6. The van der Waals surface area contributed by atoms with Gasteiger partial charge in [-0.15, -0.1) is 0 Å². The van der Waals surface area contributed by atoms with Crippen molar-refractivity contribution < 1.29 is 45.3 Å². The maximum atomic E-state index is 12.0. The Morgan fingerprint density at radius 3 is 1.46 bits per heavy atom. The molecule has 0 amide bonds. The van der Waals surface area contributed by atoms with E-state index in [0.717, 1.165) is 37.9 Å². The monoisotopic (exact) mass is 774 g/mol. The highest BCUT2D eigenvalue weighted by atomic mass is 16.4. The summed E-state index contributed by atoms with van der Waals surface area (Å²) in [5, 5.41) is 98.2. The summed E-state index contributed by atoms with van der Waals surface area (Å²) in [6.07, 6.45) is 0. The number of rotatable bonds is 3. The standard InChI is InChI=1S/C50H30O9/c51-43-39-35(27-17-16-23-8-1-2-10-25(23)20-27)40-42(46(54)50(58)48(56)44(40)52)38(41(39)45(53)49(57)47(43)55)32-22-28(21-26-11-4-5-12-29(26)32)31-14-7-15-33-37(31)36-30-13-6-3-9-24(30)18-19-34(36)59-33/h1-22,51-58H. The molecule has 8 N–H and O–H groups in total. The molecule has 0 atom stereocenters. The maximum absolute atomic E-state index is 12.0. The van der Waals surface area contributed by atoms with Crippen LogP contribution in [0, 0.1) is 0 Å². The summed E-state index contributed by atoms with van der Waals surface area (Å²) in [5.74, 6) is -7.49. The number of hydrogen-bond acceptors (Lipinski definition) is 9. The van der Waals surface area contributed by atoms with E-state index in [1.807, 2.05) is 109 Å². The average Bonchev–Trinajstić information content (AvgIpc) is 3.67. The van der Waals surface area contributed by atoms with Crippen LogP contribution in [-0.4, -0.2) is 40.9 Å². The second kappa shape index (κ2) is 12.1. The van der Waals surface area contributed by atoms with Gasteiger partial charge in [0.25, 0.3) is 0 Å². The minimum absolute atomic E-state index is 0.0160. The molecule has 0 aliphatic heterocycles. The number of phenolic OH excluding ortho intramolecular Hbond substituents is 8. The van der Waals surface area contributed by atoms with Crippen molar-refractivity contribution in [3.8, 4) is 79.4 Å². The zero-order valence-corrected chi connectivity index (χ0v) is 30.7. The van der Waals surface area contributed by atoms with Crippen LogP contribution in [-0.2, 0) is 0 Å². The van der Waals surface area contributed by atoms with Crippen molar-refractivity contribution in [1.82, 2.24) is 0 Å². The molecule has 0 aliphatic carbocycles. The van der Waals surface area contributed by atoms with Gasteiger partial charge in [-0.3, -0.25) is 0 Å². The van der Waals surface area contributed by atoms with Gasteiger partial charge in [-0.1, -0.05) is 103 Å². The number of benzene rings is 10. The quantitative estimate of drug-likeness (QED) is 0.0493. The van der Waals surface area contributed by atoms with Crippen molar-refractivity contribution in [3.63, 3.8) is 0 Å². The molecule has 11 rings (SSSR count). The van der Waals surface area contributed by atoms with Gasteiger partial charge < -0.3 is 45.3 Å². The van der Waals surface area contributed by atoms with E-state index in [9.17, 15) is 40.9 Å². The first-order valence-electron chi connectivity index (χ1n) is 18.7. The Kier molecular flexibility index (Phi) is 6.97. The lowest BCUT2D eigenvalue weighted by Crippen LogP contribution is -1.96. The number of hydrogen-bond donors (Lipinski definition) is 8. The molecule has 0 unspecified atom stereocenters. The summed E-state index contributed by atoms with van der Waals surface area (Å²) in [5.41, 5.74) is 3.44. The average molecular weight is 775 g/mol. The predicted molar refractivity (Wildman–Crippen MR) is 231 cm³/mol. The molecule has 0 radical (unpaired) electrons. The van der Waals surface area contributed by atoms with Crippen LogP contribution in [0.4, 0.5) is 0 Å². The lowest BCUT2D eigenvalue weighted by Gasteiger charge is -2.23. The predicted octanol–water partition coefficient (Wildman–Crippen LogP) is 12.0. The fraction of sp³-hybridized carbons (Fsp3) is 0. The fourth-order valence-corrected chi connectivity index (χ4v) is 9.02. The first kappa shape index (κ1) is 34.0. The van der Waals surface area contributed by atoms with Gasteiger partial charge in [0, 0.05) is 43.4 Å². The van der Waals surface area contributed by atoms with E-state index in [1.165, 1.54) is 0 Å². The Morgan fingerprint density at radius 2 is 0.797 bits per heavy atom. The summed E-state index contributed by atoms with van der Waals surface area (Å²) in [4.78, 5) is 0. The maximum Gasteiger partial charge on any atom is 0.204 e. The van der Waals surface area contributed by atoms with Gasteiger partial charge in [0.05, 0.1) is 0 Å². The van der Waals surface area contributed by atoms with Crippen molar-refractivity contribution in [2.24, 2.45) is 0 Å². The summed E-state index contributed by atoms with van der Waals surface area (Å²) in [6, 6.07) is 41.6. The molecule has 9 nitrogen and oxygen atoms in total. The Labute approximate surface area is 333 Å². The molecule has 1 heterocycles. The van der Waals surface area contributed by atoms with Gasteiger partial charge in [0.2, 0.25) is 23.0 Å². The molecule has 0 fully saturated rings. The van der Waals surface area contributed by atoms with Crippen LogP contribution >= 0.6 is 0 Å². The van der Waals surface area contributed by atoms with E-state index in [1.54, 1.807) is 24.3 Å². The highest BCUT2D eigenvalue weighted by Crippen LogP contribution is 2.62. The molecular weight excluding hydrogens is 745 g/mol. The van der Waals surface area contributed by atoms with Gasteiger partial charge in [0.15, 0.2) is 23.0 Å². The largest absolute Gasteiger partial charge is 0.504 e. The molecule has 0 bridgehead atoms. The smallest absolute Gasteiger partial charge is 0.204 e. The summed E-state index contributed by atoms with van der Waals surface area (Å²) >= 11 is 0. The van der Waals surface area contributed by atoms with E-state index < -0.39 is 46.0 Å². The SMILES string of the molecule is Oc1c(O)c(O)c2c(-c3cc(-c4cccc5oc6ccc7ccccc7c6c45)cc4ccccc34)c3c(O)c(O)c(O)c(O)c3c(-c3ccc4ccccc4c3)c2c1O. The Morgan fingerprint density at radius 1 is 0.288 bits per heavy atom. The van der Waals surface area contributed by atoms with Crippen molar-refractivity contribution >= 4 is 75.8 Å². The van der Waals surface area contributed by atoms with Crippen molar-refractivity contribution in [2.45, 2.75) is 0 Å². The van der Waals surface area contributed by atoms with Crippen LogP contribution in [0.25, 0.3) is 109 Å². The summed E-state index contributed by atoms with van der Waals surface area (Å²) in [6.45, 7) is 0. The minimum Gasteiger partial charge on any atom is -0.504 e. The number of phenols is 8. The van der Waals surface area contributed by atoms with Gasteiger partial charge in [-0.05, 0) is 84.9 Å². The topological polar surface area (TPSA) is 175 Å². The van der Waals surface area contributed by atoms with Crippen LogP contribution in [0.2, 0.25) is 0 Å². The van der Waals surface area contributed by atoms with Crippen molar-refractivity contribution in [1.29, 1.82) is 0 Å². The molecule has 0 saturated heterocycles. The molecule has 11 aromatic rings. The van der Waals surface area contributed by atoms with E-state index in [4.69, 9.17) is 4.42 Å². The van der Waals surface area contributed by atoms with Crippen LogP contribution < -0.4 is 0 Å². The third-order valence-electron chi connectivity index (χ3n) is 11.7. The van der Waals surface area contributed by atoms with Crippen LogP contribution in [0.15, 0.2) is 138 Å². The molecule has 1 aromatic heterocycles. The second-order valence-corrected chi connectivity index (χ2v) is 14.8. The lowest BCUT2D eigenvalue weighted by molar-refractivity contribution is 0.350. The lowest BCUT2D eigenvalue weighted by atomic mass is 9.81. The van der Waals surface area contributed by atoms with E-state index in [2.05, 4.69) is 0 Å². The molecule has 10 aromatic carbocycles. The molecular formula is C50H30O9. The third kappa shape index (κ3) is 4.61. The van der Waals surface area contributed by atoms with Crippen molar-refractivity contribution in [2.75, 3.05) is 0 Å². The Balaban J connectivity index is 1.36. The van der Waals surface area contributed by atoms with Gasteiger partial charge in [-0.2, -0.15) is 0 Å². The highest BCUT2D eigenvalue weighted by molar-refractivity contribution is 6.31. The number of furan rings is 1. The zero-order chi connectivity index (χ0) is 40.4. The number of aromatic hydroxyl groups is 8. The van der Waals surface area contributed by atoms with E-state index >= 15 is 0 Å². The molecule has 0 spiro atoms. The van der Waals surface area contributed by atoms with Crippen molar-refractivity contribution in [3.05, 3.63) is 133 Å². The van der Waals surface area contributed by atoms with Crippen LogP contribution in [0.5, 0.6) is 46.0 Å². The third-order valence-corrected chi connectivity index (χ3v) is 11.7. The van der Waals surface area contributed by atoms with Crippen LogP contribution in [0.3, 0.4) is 0 Å². The minimum atomic E-state index is -1.03. The molecule has 59 heavy (non-hydrogen) atoms. The molecule has 284 valence electrons. The van der Waals surface area contributed by atoms with Gasteiger partial charge in [0.1, 0.15) is 11.2 Å². The molecule has 0 aliphatic rings. The zero-order valence-electron chi connectivity index (χ0n) is 30.7. The summed E-state index contributed by atoms with van der Waals surface area (Å²) < 4.78 is 6.40.